The van der Waals surface area contributed by atoms with Crippen LogP contribution in [0.25, 0.3) is 33.1 Å². The summed E-state index contributed by atoms with van der Waals surface area (Å²) in [5, 5.41) is 2.73. The summed E-state index contributed by atoms with van der Waals surface area (Å²) in [6.45, 7) is 0.486. The van der Waals surface area contributed by atoms with Crippen molar-refractivity contribution in [3.05, 3.63) is 113 Å². The fourth-order valence-electron chi connectivity index (χ4n) is 3.68. The summed E-state index contributed by atoms with van der Waals surface area (Å²) in [5.74, 6) is 0.693. The molecule has 0 unspecified atom stereocenters. The maximum absolute atomic E-state index is 13.5. The highest BCUT2D eigenvalue weighted by Gasteiger charge is 2.15. The van der Waals surface area contributed by atoms with Crippen LogP contribution in [0, 0.1) is 0 Å². The first-order chi connectivity index (χ1) is 13.8. The van der Waals surface area contributed by atoms with Gasteiger partial charge in [-0.05, 0) is 17.0 Å². The van der Waals surface area contributed by atoms with Crippen molar-refractivity contribution < 1.29 is 0 Å². The van der Waals surface area contributed by atoms with Crippen LogP contribution >= 0.6 is 0 Å². The van der Waals surface area contributed by atoms with Crippen molar-refractivity contribution in [1.82, 2.24) is 9.55 Å². The molecule has 0 amide bonds. The maximum Gasteiger partial charge on any atom is 0.261 e. The van der Waals surface area contributed by atoms with E-state index in [0.717, 1.165) is 27.4 Å². The lowest BCUT2D eigenvalue weighted by Crippen LogP contribution is -2.24. The van der Waals surface area contributed by atoms with E-state index >= 15 is 0 Å². The molecule has 1 heterocycles. The van der Waals surface area contributed by atoms with E-state index in [1.807, 2.05) is 97.1 Å². The molecule has 0 N–H and O–H groups in total. The van der Waals surface area contributed by atoms with Crippen LogP contribution in [0.3, 0.4) is 0 Å². The Balaban J connectivity index is 1.85. The normalized spacial score (nSPS) is 11.1. The van der Waals surface area contributed by atoms with Gasteiger partial charge >= 0.3 is 0 Å². The third kappa shape index (κ3) is 2.78. The largest absolute Gasteiger partial charge is 0.288 e. The Bertz CT molecular complexity index is 1340. The van der Waals surface area contributed by atoms with Gasteiger partial charge < -0.3 is 0 Å². The fourth-order valence-corrected chi connectivity index (χ4v) is 3.68. The Labute approximate surface area is 162 Å². The quantitative estimate of drug-likeness (QED) is 0.410. The van der Waals surface area contributed by atoms with E-state index in [-0.39, 0.29) is 5.56 Å². The Kier molecular flexibility index (Phi) is 3.99. The van der Waals surface area contributed by atoms with Gasteiger partial charge in [0.15, 0.2) is 0 Å². The van der Waals surface area contributed by atoms with Crippen LogP contribution in [0.4, 0.5) is 0 Å². The van der Waals surface area contributed by atoms with Gasteiger partial charge in [-0.15, -0.1) is 0 Å². The van der Waals surface area contributed by atoms with E-state index in [1.165, 1.54) is 0 Å². The van der Waals surface area contributed by atoms with Crippen LogP contribution in [-0.4, -0.2) is 9.55 Å². The van der Waals surface area contributed by atoms with Gasteiger partial charge in [0.2, 0.25) is 0 Å². The molecule has 0 aliphatic carbocycles. The molecule has 0 aliphatic heterocycles. The van der Waals surface area contributed by atoms with Crippen molar-refractivity contribution in [1.29, 1.82) is 0 Å². The minimum Gasteiger partial charge on any atom is -0.288 e. The number of nitrogens with zero attached hydrogens (tertiary/aromatic N) is 2. The number of benzene rings is 4. The highest BCUT2D eigenvalue weighted by Crippen LogP contribution is 2.25. The molecule has 28 heavy (non-hydrogen) atoms. The topological polar surface area (TPSA) is 34.9 Å². The Hall–Kier alpha value is -3.72. The minimum atomic E-state index is -0.0153. The first-order valence-electron chi connectivity index (χ1n) is 9.33. The molecule has 0 fully saturated rings. The van der Waals surface area contributed by atoms with Crippen molar-refractivity contribution in [2.24, 2.45) is 0 Å². The van der Waals surface area contributed by atoms with Gasteiger partial charge in [0.1, 0.15) is 5.82 Å². The first kappa shape index (κ1) is 16.5. The summed E-state index contributed by atoms with van der Waals surface area (Å²) >= 11 is 0. The molecule has 0 spiro atoms. The molecule has 5 aromatic rings. The third-order valence-electron chi connectivity index (χ3n) is 5.07. The minimum absolute atomic E-state index is 0.0153. The Morgan fingerprint density at radius 2 is 1.36 bits per heavy atom. The van der Waals surface area contributed by atoms with Crippen LogP contribution in [0.1, 0.15) is 5.56 Å². The second-order valence-electron chi connectivity index (χ2n) is 6.86. The summed E-state index contributed by atoms with van der Waals surface area (Å²) in [5.41, 5.74) is 2.75. The van der Waals surface area contributed by atoms with E-state index in [2.05, 4.69) is 0 Å². The van der Waals surface area contributed by atoms with Gasteiger partial charge in [-0.25, -0.2) is 4.98 Å². The average molecular weight is 362 g/mol. The highest BCUT2D eigenvalue weighted by molar-refractivity contribution is 6.05. The summed E-state index contributed by atoms with van der Waals surface area (Å²) in [4.78, 5) is 18.5. The van der Waals surface area contributed by atoms with Crippen LogP contribution in [0.5, 0.6) is 0 Å². The molecule has 0 saturated heterocycles. The average Bonchev–Trinajstić information content (AvgIpc) is 2.76. The highest BCUT2D eigenvalue weighted by atomic mass is 16.1. The maximum atomic E-state index is 13.5. The van der Waals surface area contributed by atoms with Gasteiger partial charge in [0.05, 0.1) is 17.4 Å². The van der Waals surface area contributed by atoms with E-state index in [1.54, 1.807) is 4.57 Å². The fraction of sp³-hybridized carbons (Fsp3) is 0.0400. The van der Waals surface area contributed by atoms with Crippen molar-refractivity contribution in [2.75, 3.05) is 0 Å². The van der Waals surface area contributed by atoms with Gasteiger partial charge in [0.25, 0.3) is 5.56 Å². The molecule has 0 radical (unpaired) electrons. The molecule has 3 nitrogen and oxygen atoms in total. The number of rotatable bonds is 3. The van der Waals surface area contributed by atoms with E-state index in [4.69, 9.17) is 4.98 Å². The lowest BCUT2D eigenvalue weighted by Gasteiger charge is -2.15. The molecule has 3 heteroatoms. The zero-order valence-corrected chi connectivity index (χ0v) is 15.2. The smallest absolute Gasteiger partial charge is 0.261 e. The molecule has 4 aromatic carbocycles. The first-order valence-corrected chi connectivity index (χ1v) is 9.33. The number of hydrogen-bond donors (Lipinski definition) is 0. The lowest BCUT2D eigenvalue weighted by molar-refractivity contribution is 0.760. The Morgan fingerprint density at radius 3 is 2.14 bits per heavy atom. The van der Waals surface area contributed by atoms with Gasteiger partial charge in [-0.2, -0.15) is 0 Å². The van der Waals surface area contributed by atoms with Crippen LogP contribution < -0.4 is 5.56 Å². The van der Waals surface area contributed by atoms with E-state index < -0.39 is 0 Å². The number of hydrogen-bond acceptors (Lipinski definition) is 2. The molecule has 0 atom stereocenters. The lowest BCUT2D eigenvalue weighted by atomic mass is 10.1. The number of aromatic nitrogens is 2. The monoisotopic (exact) mass is 362 g/mol. The van der Waals surface area contributed by atoms with Crippen LogP contribution in [-0.2, 0) is 6.54 Å². The Morgan fingerprint density at radius 1 is 0.679 bits per heavy atom. The van der Waals surface area contributed by atoms with E-state index in [0.29, 0.717) is 17.8 Å². The van der Waals surface area contributed by atoms with Gasteiger partial charge in [-0.3, -0.25) is 9.36 Å². The van der Waals surface area contributed by atoms with Crippen molar-refractivity contribution in [2.45, 2.75) is 6.54 Å². The summed E-state index contributed by atoms with van der Waals surface area (Å²) in [6, 6.07) is 31.9. The summed E-state index contributed by atoms with van der Waals surface area (Å²) in [6.07, 6.45) is 0. The summed E-state index contributed by atoms with van der Waals surface area (Å²) < 4.78 is 1.78. The zero-order chi connectivity index (χ0) is 18.9. The van der Waals surface area contributed by atoms with Crippen molar-refractivity contribution in [3.63, 3.8) is 0 Å². The third-order valence-corrected chi connectivity index (χ3v) is 5.07. The standard InChI is InChI=1S/C25H18N2O/c28-25-22-16-15-19-11-7-8-14-21(19)23(22)26-24(20-12-5-2-6-13-20)27(25)17-18-9-3-1-4-10-18/h1-16H,17H2. The van der Waals surface area contributed by atoms with Crippen LogP contribution in [0.15, 0.2) is 102 Å². The molecular formula is C25H18N2O. The second kappa shape index (κ2) is 6.78. The second-order valence-corrected chi connectivity index (χ2v) is 6.86. The molecule has 134 valence electrons. The molecule has 0 saturated carbocycles. The molecule has 5 rings (SSSR count). The van der Waals surface area contributed by atoms with Crippen molar-refractivity contribution in [3.8, 4) is 11.4 Å². The number of fused-ring (bicyclic) bond motifs is 3. The predicted octanol–water partition coefficient (Wildman–Crippen LogP) is 5.27. The van der Waals surface area contributed by atoms with E-state index in [9.17, 15) is 4.79 Å². The molecular weight excluding hydrogens is 344 g/mol. The predicted molar refractivity (Wildman–Crippen MR) is 114 cm³/mol. The van der Waals surface area contributed by atoms with Gasteiger partial charge in [-0.1, -0.05) is 91.0 Å². The van der Waals surface area contributed by atoms with Gasteiger partial charge in [0, 0.05) is 10.9 Å². The molecule has 0 aliphatic rings. The summed E-state index contributed by atoms with van der Waals surface area (Å²) in [7, 11) is 0. The molecule has 1 aromatic heterocycles. The molecule has 0 bridgehead atoms. The van der Waals surface area contributed by atoms with Crippen LogP contribution in [0.2, 0.25) is 0 Å². The van der Waals surface area contributed by atoms with Crippen molar-refractivity contribution >= 4 is 21.7 Å². The SMILES string of the molecule is O=c1c2ccc3ccccc3c2nc(-c2ccccc2)n1Cc1ccccc1. The zero-order valence-electron chi connectivity index (χ0n) is 15.2.